The van der Waals surface area contributed by atoms with E-state index >= 15 is 0 Å². The quantitative estimate of drug-likeness (QED) is 0.867. The van der Waals surface area contributed by atoms with Crippen molar-refractivity contribution in [2.45, 2.75) is 25.8 Å². The Morgan fingerprint density at radius 2 is 1.95 bits per heavy atom. The van der Waals surface area contributed by atoms with E-state index in [2.05, 4.69) is 17.1 Å². The molecular formula is C15H26Cl2N2O2. The summed E-state index contributed by atoms with van der Waals surface area (Å²) in [5.41, 5.74) is 0.939. The first-order chi connectivity index (χ1) is 9.27. The molecule has 0 spiro atoms. The second kappa shape index (κ2) is 10.1. The Bertz CT molecular complexity index is 413. The first kappa shape index (κ1) is 20.3. The molecule has 1 aliphatic heterocycles. The summed E-state index contributed by atoms with van der Waals surface area (Å²) in [5.74, 6) is 1.13. The number of hydrogen-bond donors (Lipinski definition) is 2. The molecule has 1 heterocycles. The monoisotopic (exact) mass is 336 g/mol. The molecular weight excluding hydrogens is 311 g/mol. The number of phenolic OH excluding ortho intramolecular Hbond substituents is 1. The fraction of sp³-hybridized carbons (Fsp3) is 0.600. The maximum absolute atomic E-state index is 10.2. The summed E-state index contributed by atoms with van der Waals surface area (Å²) >= 11 is 0. The van der Waals surface area contributed by atoms with Crippen LogP contribution in [-0.2, 0) is 0 Å². The number of nitrogens with one attached hydrogen (secondary N) is 1. The van der Waals surface area contributed by atoms with E-state index in [1.807, 2.05) is 12.1 Å². The van der Waals surface area contributed by atoms with Crippen LogP contribution < -0.4 is 10.1 Å². The minimum Gasteiger partial charge on any atom is -0.507 e. The van der Waals surface area contributed by atoms with Gasteiger partial charge < -0.3 is 15.2 Å². The number of benzene rings is 1. The van der Waals surface area contributed by atoms with Crippen LogP contribution in [0.3, 0.4) is 0 Å². The average Bonchev–Trinajstić information content (AvgIpc) is 2.46. The molecule has 2 N–H and O–H groups in total. The molecule has 1 atom stereocenters. The smallest absolute Gasteiger partial charge is 0.127 e. The van der Waals surface area contributed by atoms with Gasteiger partial charge in [0.1, 0.15) is 11.5 Å². The van der Waals surface area contributed by atoms with Crippen LogP contribution in [0.15, 0.2) is 18.2 Å². The van der Waals surface area contributed by atoms with Gasteiger partial charge in [0.05, 0.1) is 12.7 Å². The number of hydrogen-bond acceptors (Lipinski definition) is 4. The fourth-order valence-corrected chi connectivity index (χ4v) is 2.82. The van der Waals surface area contributed by atoms with Gasteiger partial charge in [0, 0.05) is 32.2 Å². The van der Waals surface area contributed by atoms with Gasteiger partial charge in [0.2, 0.25) is 0 Å². The largest absolute Gasteiger partial charge is 0.507 e. The van der Waals surface area contributed by atoms with Gasteiger partial charge in [0.25, 0.3) is 0 Å². The van der Waals surface area contributed by atoms with Crippen LogP contribution in [0.1, 0.15) is 31.4 Å². The van der Waals surface area contributed by atoms with E-state index < -0.39 is 0 Å². The standard InChI is InChI=1S/C15H24N2O2.2ClH/c1-3-5-12(17-10-8-16-9-11-17)15-13(18)6-4-7-14(15)19-2;;/h4,6-7,12,16,18H,3,5,8-11H2,1-2H3;2*1H/t12-;;/m0../s1. The lowest BCUT2D eigenvalue weighted by Gasteiger charge is -2.36. The number of halogens is 2. The molecule has 21 heavy (non-hydrogen) atoms. The molecule has 1 aromatic rings. The Morgan fingerprint density at radius 3 is 2.52 bits per heavy atom. The molecule has 4 nitrogen and oxygen atoms in total. The first-order valence-corrected chi connectivity index (χ1v) is 7.08. The number of ether oxygens (including phenoxy) is 1. The third-order valence-corrected chi connectivity index (χ3v) is 3.75. The minimum atomic E-state index is 0. The molecule has 1 saturated heterocycles. The van der Waals surface area contributed by atoms with Crippen LogP contribution in [0.2, 0.25) is 0 Å². The maximum Gasteiger partial charge on any atom is 0.127 e. The zero-order chi connectivity index (χ0) is 13.7. The topological polar surface area (TPSA) is 44.7 Å². The summed E-state index contributed by atoms with van der Waals surface area (Å²) in [6, 6.07) is 5.75. The lowest BCUT2D eigenvalue weighted by molar-refractivity contribution is 0.159. The van der Waals surface area contributed by atoms with Crippen molar-refractivity contribution in [2.24, 2.45) is 0 Å². The van der Waals surface area contributed by atoms with Crippen molar-refractivity contribution < 1.29 is 9.84 Å². The lowest BCUT2D eigenvalue weighted by Crippen LogP contribution is -2.45. The second-order valence-electron chi connectivity index (χ2n) is 4.98. The Kier molecular flexibility index (Phi) is 9.79. The molecule has 0 amide bonds. The molecule has 0 unspecified atom stereocenters. The van der Waals surface area contributed by atoms with Crippen LogP contribution in [0, 0.1) is 0 Å². The summed E-state index contributed by atoms with van der Waals surface area (Å²) in [5, 5.41) is 13.6. The van der Waals surface area contributed by atoms with Gasteiger partial charge in [-0.25, -0.2) is 0 Å². The van der Waals surface area contributed by atoms with Gasteiger partial charge in [0.15, 0.2) is 0 Å². The predicted octanol–water partition coefficient (Wildman–Crippen LogP) is 2.99. The van der Waals surface area contributed by atoms with Crippen molar-refractivity contribution in [2.75, 3.05) is 33.3 Å². The molecule has 0 aliphatic carbocycles. The Labute approximate surface area is 139 Å². The van der Waals surface area contributed by atoms with Crippen molar-refractivity contribution in [1.29, 1.82) is 0 Å². The zero-order valence-electron chi connectivity index (χ0n) is 12.7. The second-order valence-corrected chi connectivity index (χ2v) is 4.98. The first-order valence-electron chi connectivity index (χ1n) is 7.08. The molecule has 122 valence electrons. The van der Waals surface area contributed by atoms with E-state index in [1.165, 1.54) is 0 Å². The summed E-state index contributed by atoms with van der Waals surface area (Å²) in [4.78, 5) is 2.44. The van der Waals surface area contributed by atoms with E-state index in [4.69, 9.17) is 4.74 Å². The highest BCUT2D eigenvalue weighted by Crippen LogP contribution is 2.38. The van der Waals surface area contributed by atoms with Crippen LogP contribution in [0.4, 0.5) is 0 Å². The van der Waals surface area contributed by atoms with Crippen molar-refractivity contribution in [3.8, 4) is 11.5 Å². The van der Waals surface area contributed by atoms with Gasteiger partial charge in [-0.3, -0.25) is 4.90 Å². The Morgan fingerprint density at radius 1 is 1.29 bits per heavy atom. The summed E-state index contributed by atoms with van der Waals surface area (Å²) in [6.45, 7) is 6.23. The fourth-order valence-electron chi connectivity index (χ4n) is 2.82. The summed E-state index contributed by atoms with van der Waals surface area (Å²) in [6.07, 6.45) is 2.13. The zero-order valence-corrected chi connectivity index (χ0v) is 14.3. The van der Waals surface area contributed by atoms with E-state index in [1.54, 1.807) is 13.2 Å². The van der Waals surface area contributed by atoms with Crippen LogP contribution in [0.5, 0.6) is 11.5 Å². The number of methoxy groups -OCH3 is 1. The van der Waals surface area contributed by atoms with Gasteiger partial charge in [-0.15, -0.1) is 24.8 Å². The number of aromatic hydroxyl groups is 1. The molecule has 6 heteroatoms. The van der Waals surface area contributed by atoms with Gasteiger partial charge >= 0.3 is 0 Å². The molecule has 0 aromatic heterocycles. The van der Waals surface area contributed by atoms with Gasteiger partial charge in [-0.1, -0.05) is 19.4 Å². The molecule has 0 bridgehead atoms. The summed E-state index contributed by atoms with van der Waals surface area (Å²) in [7, 11) is 1.67. The molecule has 1 aromatic carbocycles. The number of nitrogens with zero attached hydrogens (tertiary/aromatic N) is 1. The van der Waals surface area contributed by atoms with Crippen LogP contribution in [-0.4, -0.2) is 43.3 Å². The lowest BCUT2D eigenvalue weighted by atomic mass is 9.97. The van der Waals surface area contributed by atoms with Crippen molar-refractivity contribution in [3.63, 3.8) is 0 Å². The highest BCUT2D eigenvalue weighted by Gasteiger charge is 2.26. The van der Waals surface area contributed by atoms with Crippen LogP contribution in [0.25, 0.3) is 0 Å². The van der Waals surface area contributed by atoms with Crippen LogP contribution >= 0.6 is 24.8 Å². The number of phenols is 1. The SMILES string of the molecule is CCC[C@@H](c1c(O)cccc1OC)N1CCNCC1.Cl.Cl. The molecule has 1 fully saturated rings. The highest BCUT2D eigenvalue weighted by molar-refractivity contribution is 5.85. The van der Waals surface area contributed by atoms with Gasteiger partial charge in [-0.2, -0.15) is 0 Å². The number of rotatable bonds is 5. The average molecular weight is 337 g/mol. The van der Waals surface area contributed by atoms with Crippen molar-refractivity contribution in [3.05, 3.63) is 23.8 Å². The molecule has 0 radical (unpaired) electrons. The van der Waals surface area contributed by atoms with E-state index in [0.717, 1.165) is 50.3 Å². The number of piperazine rings is 1. The normalized spacial score (nSPS) is 16.5. The van der Waals surface area contributed by atoms with Crippen molar-refractivity contribution in [1.82, 2.24) is 10.2 Å². The Hall–Kier alpha value is -0.680. The third kappa shape index (κ3) is 4.92. The highest BCUT2D eigenvalue weighted by atomic mass is 35.5. The van der Waals surface area contributed by atoms with E-state index in [-0.39, 0.29) is 30.9 Å². The predicted molar refractivity (Wildman–Crippen MR) is 91.2 cm³/mol. The summed E-state index contributed by atoms with van der Waals surface area (Å²) < 4.78 is 5.44. The Balaban J connectivity index is 0.00000200. The minimum absolute atomic E-state index is 0. The van der Waals surface area contributed by atoms with Gasteiger partial charge in [-0.05, 0) is 18.6 Å². The molecule has 1 aliphatic rings. The molecule has 2 rings (SSSR count). The maximum atomic E-state index is 10.2. The molecule has 0 saturated carbocycles. The third-order valence-electron chi connectivity index (χ3n) is 3.75. The van der Waals surface area contributed by atoms with E-state index in [9.17, 15) is 5.11 Å². The van der Waals surface area contributed by atoms with E-state index in [0.29, 0.717) is 5.75 Å². The van der Waals surface area contributed by atoms with Crippen molar-refractivity contribution >= 4 is 24.8 Å².